The zero-order valence-electron chi connectivity index (χ0n) is 23.5. The van der Waals surface area contributed by atoms with E-state index in [0.29, 0.717) is 61.2 Å². The molecule has 0 aliphatic carbocycles. The summed E-state index contributed by atoms with van der Waals surface area (Å²) >= 11 is 25.9. The van der Waals surface area contributed by atoms with Crippen molar-refractivity contribution in [3.63, 3.8) is 0 Å². The van der Waals surface area contributed by atoms with Crippen LogP contribution in [0.25, 0.3) is 0 Å². The maximum atomic E-state index is 14.5. The number of carbonyl (C=O) groups is 2. The Balaban J connectivity index is 1.78. The van der Waals surface area contributed by atoms with Gasteiger partial charge in [0.2, 0.25) is 5.91 Å². The topological polar surface area (TPSA) is 98.0 Å². The lowest BCUT2D eigenvalue weighted by molar-refractivity contribution is -0.123. The molecule has 0 spiro atoms. The average molecular weight is 659 g/mol. The summed E-state index contributed by atoms with van der Waals surface area (Å²) < 4.78 is 6.30. The summed E-state index contributed by atoms with van der Waals surface area (Å²) in [6.07, 6.45) is 0. The number of urea groups is 1. The van der Waals surface area contributed by atoms with Gasteiger partial charge in [0.15, 0.2) is 0 Å². The van der Waals surface area contributed by atoms with Gasteiger partial charge in [0.05, 0.1) is 23.2 Å². The third-order valence-electron chi connectivity index (χ3n) is 6.86. The minimum atomic E-state index is -0.777. The smallest absolute Gasteiger partial charge is 0.326 e. The van der Waals surface area contributed by atoms with E-state index in [4.69, 9.17) is 56.1 Å². The van der Waals surface area contributed by atoms with E-state index in [1.807, 2.05) is 20.8 Å². The van der Waals surface area contributed by atoms with Crippen molar-refractivity contribution >= 4 is 64.2 Å². The van der Waals surface area contributed by atoms with Gasteiger partial charge in [-0.05, 0) is 80.4 Å². The second-order valence-electron chi connectivity index (χ2n) is 11.2. The van der Waals surface area contributed by atoms with E-state index >= 15 is 0 Å². The molecule has 3 amide bonds. The molecule has 0 saturated carbocycles. The van der Waals surface area contributed by atoms with Crippen LogP contribution < -0.4 is 10.1 Å². The minimum Gasteiger partial charge on any atom is -0.487 e. The molecule has 43 heavy (non-hydrogen) atoms. The fraction of sp³-hybridized carbons (Fsp3) is 0.290. The maximum Gasteiger partial charge on any atom is 0.326 e. The largest absolute Gasteiger partial charge is 0.487 e. The van der Waals surface area contributed by atoms with Gasteiger partial charge in [-0.2, -0.15) is 5.26 Å². The number of halogens is 4. The van der Waals surface area contributed by atoms with Crippen LogP contribution in [0, 0.1) is 11.3 Å². The van der Waals surface area contributed by atoms with Crippen LogP contribution in [-0.4, -0.2) is 52.8 Å². The highest BCUT2D eigenvalue weighted by atomic mass is 35.5. The highest BCUT2D eigenvalue weighted by molar-refractivity contribution is 6.35. The first kappa shape index (κ1) is 31.0. The summed E-state index contributed by atoms with van der Waals surface area (Å²) in [6, 6.07) is 15.3. The van der Waals surface area contributed by atoms with Gasteiger partial charge >= 0.3 is 6.03 Å². The Kier molecular flexibility index (Phi) is 8.82. The Morgan fingerprint density at radius 3 is 2.37 bits per heavy atom. The Hall–Kier alpha value is -3.48. The molecule has 1 N–H and O–H groups in total. The molecule has 12 heteroatoms. The Labute approximate surface area is 269 Å². The lowest BCUT2D eigenvalue weighted by Gasteiger charge is -2.36. The van der Waals surface area contributed by atoms with Gasteiger partial charge in [-0.15, -0.1) is 0 Å². The van der Waals surface area contributed by atoms with Gasteiger partial charge in [-0.1, -0.05) is 52.5 Å². The van der Waals surface area contributed by atoms with E-state index in [1.54, 1.807) is 54.6 Å². The molecule has 3 aromatic rings. The van der Waals surface area contributed by atoms with Gasteiger partial charge in [-0.25, -0.2) is 4.79 Å². The van der Waals surface area contributed by atoms with Crippen LogP contribution in [0.4, 0.5) is 4.79 Å². The number of hydrogen-bond acceptors (Lipinski definition) is 5. The number of piperazine rings is 1. The SMILES string of the molecule is CC(C)(C)Oc1cc(C#N)ccc1C1=NC(c2ccc(Cl)cc2Cl)C(c2cc(Cl)cc(Cl)c2)N1C(=O)N1CCNC(=O)C1. The summed E-state index contributed by atoms with van der Waals surface area (Å²) in [5, 5.41) is 13.9. The first-order valence-corrected chi connectivity index (χ1v) is 14.9. The molecule has 2 atom stereocenters. The Bertz CT molecular complexity index is 1660. The van der Waals surface area contributed by atoms with Crippen LogP contribution >= 0.6 is 46.4 Å². The van der Waals surface area contributed by atoms with Crippen molar-refractivity contribution in [1.82, 2.24) is 15.1 Å². The number of aliphatic imine (C=N–C) groups is 1. The summed E-state index contributed by atoms with van der Waals surface area (Å²) in [5.41, 5.74) is 1.44. The molecule has 8 nitrogen and oxygen atoms in total. The Morgan fingerprint density at radius 1 is 1.02 bits per heavy atom. The predicted octanol–water partition coefficient (Wildman–Crippen LogP) is 7.45. The monoisotopic (exact) mass is 657 g/mol. The van der Waals surface area contributed by atoms with E-state index in [9.17, 15) is 14.9 Å². The number of ether oxygens (including phenoxy) is 1. The first-order valence-electron chi connectivity index (χ1n) is 13.4. The van der Waals surface area contributed by atoms with Crippen molar-refractivity contribution in [1.29, 1.82) is 5.26 Å². The number of rotatable bonds is 4. The second kappa shape index (κ2) is 12.3. The second-order valence-corrected chi connectivity index (χ2v) is 12.9. The van der Waals surface area contributed by atoms with Crippen LogP contribution in [-0.2, 0) is 4.79 Å². The highest BCUT2D eigenvalue weighted by Gasteiger charge is 2.46. The lowest BCUT2D eigenvalue weighted by Crippen LogP contribution is -2.55. The van der Waals surface area contributed by atoms with Crippen LogP contribution in [0.15, 0.2) is 59.6 Å². The van der Waals surface area contributed by atoms with Gasteiger partial charge in [0, 0.05) is 33.2 Å². The van der Waals surface area contributed by atoms with E-state index in [-0.39, 0.29) is 18.3 Å². The van der Waals surface area contributed by atoms with Crippen molar-refractivity contribution in [2.24, 2.45) is 4.99 Å². The molecule has 0 radical (unpaired) electrons. The third-order valence-corrected chi connectivity index (χ3v) is 7.86. The van der Waals surface area contributed by atoms with Gasteiger partial charge in [0.25, 0.3) is 0 Å². The van der Waals surface area contributed by atoms with Crippen molar-refractivity contribution < 1.29 is 14.3 Å². The number of amidine groups is 1. The number of carbonyl (C=O) groups excluding carboxylic acids is 2. The molecule has 2 aliphatic heterocycles. The number of amides is 3. The number of nitrogens with zero attached hydrogens (tertiary/aromatic N) is 4. The number of nitrogens with one attached hydrogen (secondary N) is 1. The number of nitriles is 1. The quantitative estimate of drug-likeness (QED) is 0.315. The van der Waals surface area contributed by atoms with Crippen molar-refractivity contribution in [2.45, 2.75) is 38.5 Å². The van der Waals surface area contributed by atoms with E-state index in [2.05, 4.69) is 11.4 Å². The standard InChI is InChI=1S/C31H27Cl4N5O3/c1-31(2,3)43-25-10-17(15-36)4-6-23(25)29-38-27(22-7-5-19(32)14-24(22)35)28(18-11-20(33)13-21(34)12-18)40(29)30(42)39-9-8-37-26(41)16-39/h4-7,10-14,27-28H,8-9,16H2,1-3H3,(H,37,41). The Morgan fingerprint density at radius 2 is 1.74 bits per heavy atom. The first-order chi connectivity index (χ1) is 20.3. The molecule has 5 rings (SSSR count). The van der Waals surface area contributed by atoms with Crippen LogP contribution in [0.3, 0.4) is 0 Å². The molecular formula is C31H27Cl4N5O3. The van der Waals surface area contributed by atoms with E-state index < -0.39 is 23.7 Å². The average Bonchev–Trinajstić information content (AvgIpc) is 3.31. The molecule has 2 heterocycles. The lowest BCUT2D eigenvalue weighted by atomic mass is 9.93. The van der Waals surface area contributed by atoms with Crippen molar-refractivity contribution in [3.05, 3.63) is 96.9 Å². The molecule has 2 aliphatic rings. The van der Waals surface area contributed by atoms with E-state index in [0.717, 1.165) is 0 Å². The van der Waals surface area contributed by atoms with Crippen LogP contribution in [0.1, 0.15) is 55.1 Å². The van der Waals surface area contributed by atoms with Gasteiger partial charge in [0.1, 0.15) is 29.8 Å². The highest BCUT2D eigenvalue weighted by Crippen LogP contribution is 2.48. The summed E-state index contributed by atoms with van der Waals surface area (Å²) in [7, 11) is 0. The molecular weight excluding hydrogens is 632 g/mol. The third kappa shape index (κ3) is 6.71. The molecule has 222 valence electrons. The molecule has 1 fully saturated rings. The molecule has 0 aromatic heterocycles. The van der Waals surface area contributed by atoms with Crippen molar-refractivity contribution in [3.8, 4) is 11.8 Å². The molecule has 1 saturated heterocycles. The summed E-state index contributed by atoms with van der Waals surface area (Å²) in [5.74, 6) is 0.370. The maximum absolute atomic E-state index is 14.5. The van der Waals surface area contributed by atoms with Crippen LogP contribution in [0.2, 0.25) is 20.1 Å². The zero-order valence-corrected chi connectivity index (χ0v) is 26.5. The van der Waals surface area contributed by atoms with Gasteiger partial charge < -0.3 is 15.0 Å². The number of benzene rings is 3. The predicted molar refractivity (Wildman–Crippen MR) is 168 cm³/mol. The fourth-order valence-corrected chi connectivity index (χ4v) is 6.21. The van der Waals surface area contributed by atoms with Crippen LogP contribution in [0.5, 0.6) is 5.75 Å². The zero-order chi connectivity index (χ0) is 31.1. The molecule has 2 unspecified atom stereocenters. The number of hydrogen-bond donors (Lipinski definition) is 1. The molecule has 0 bridgehead atoms. The normalized spacial score (nSPS) is 18.7. The fourth-order valence-electron chi connectivity index (χ4n) is 5.15. The minimum absolute atomic E-state index is 0.128. The molecule has 3 aromatic carbocycles. The van der Waals surface area contributed by atoms with Crippen molar-refractivity contribution in [2.75, 3.05) is 19.6 Å². The summed E-state index contributed by atoms with van der Waals surface area (Å²) in [6.45, 7) is 6.12. The summed E-state index contributed by atoms with van der Waals surface area (Å²) in [4.78, 5) is 35.0. The van der Waals surface area contributed by atoms with E-state index in [1.165, 1.54) is 9.80 Å². The van der Waals surface area contributed by atoms with Gasteiger partial charge in [-0.3, -0.25) is 14.7 Å².